The predicted molar refractivity (Wildman–Crippen MR) is 67.4 cm³/mol. The Hall–Kier alpha value is -1.01. The number of nitrogens with zero attached hydrogens (tertiary/aromatic N) is 2. The topological polar surface area (TPSA) is 72.0 Å². The molecule has 0 unspecified atom stereocenters. The normalized spacial score (nSPS) is 11.6. The first kappa shape index (κ1) is 14.1. The molecule has 1 N–H and O–H groups in total. The van der Waals surface area contributed by atoms with Gasteiger partial charge in [0.15, 0.2) is 0 Å². The Morgan fingerprint density at radius 1 is 1.41 bits per heavy atom. The van der Waals surface area contributed by atoms with E-state index in [-0.39, 0.29) is 11.5 Å². The van der Waals surface area contributed by atoms with E-state index in [0.717, 1.165) is 11.5 Å². The van der Waals surface area contributed by atoms with Gasteiger partial charge in [-0.15, -0.1) is 0 Å². The average Bonchev–Trinajstić information content (AvgIpc) is 2.29. The van der Waals surface area contributed by atoms with Gasteiger partial charge in [0, 0.05) is 18.5 Å². The molecule has 1 rings (SSSR count). The van der Waals surface area contributed by atoms with Crippen LogP contribution in [0.4, 0.5) is 0 Å². The molecule has 1 aromatic rings. The second-order valence-electron chi connectivity index (χ2n) is 3.86. The van der Waals surface area contributed by atoms with E-state index in [9.17, 15) is 8.42 Å². The molecule has 0 saturated heterocycles. The van der Waals surface area contributed by atoms with Gasteiger partial charge in [0.2, 0.25) is 0 Å². The molecule has 0 aliphatic rings. The second kappa shape index (κ2) is 6.66. The molecule has 0 aromatic carbocycles. The van der Waals surface area contributed by atoms with E-state index in [4.69, 9.17) is 0 Å². The summed E-state index contributed by atoms with van der Waals surface area (Å²) in [6.45, 7) is 4.85. The van der Waals surface area contributed by atoms with Crippen LogP contribution in [0.1, 0.15) is 24.9 Å². The van der Waals surface area contributed by atoms with Crippen molar-refractivity contribution in [1.29, 1.82) is 0 Å². The van der Waals surface area contributed by atoms with Crippen molar-refractivity contribution >= 4 is 9.84 Å². The molecular formula is C11H19N3O2S. The fraction of sp³-hybridized carbons (Fsp3) is 0.636. The standard InChI is InChI=1S/C11H19N3O2S/c1-3-17(15,16)8-4-6-12-9-11-5-7-13-10(2)14-11/h5,7,12H,3-4,6,8-9H2,1-2H3. The largest absolute Gasteiger partial charge is 0.311 e. The molecule has 5 nitrogen and oxygen atoms in total. The van der Waals surface area contributed by atoms with Gasteiger partial charge < -0.3 is 5.32 Å². The molecule has 0 spiro atoms. The lowest BCUT2D eigenvalue weighted by Gasteiger charge is -2.04. The van der Waals surface area contributed by atoms with Crippen LogP contribution in [0.15, 0.2) is 12.3 Å². The molecule has 0 aliphatic heterocycles. The van der Waals surface area contributed by atoms with Crippen molar-refractivity contribution < 1.29 is 8.42 Å². The number of hydrogen-bond donors (Lipinski definition) is 1. The minimum absolute atomic E-state index is 0.220. The molecule has 0 atom stereocenters. The SMILES string of the molecule is CCS(=O)(=O)CCCNCc1ccnc(C)n1. The monoisotopic (exact) mass is 257 g/mol. The summed E-state index contributed by atoms with van der Waals surface area (Å²) in [6.07, 6.45) is 2.36. The van der Waals surface area contributed by atoms with Gasteiger partial charge in [-0.2, -0.15) is 0 Å². The van der Waals surface area contributed by atoms with Crippen molar-refractivity contribution in [2.45, 2.75) is 26.8 Å². The molecule has 96 valence electrons. The van der Waals surface area contributed by atoms with E-state index < -0.39 is 9.84 Å². The zero-order valence-electron chi connectivity index (χ0n) is 10.3. The van der Waals surface area contributed by atoms with Gasteiger partial charge in [0.1, 0.15) is 15.7 Å². The summed E-state index contributed by atoms with van der Waals surface area (Å²) in [6, 6.07) is 1.85. The molecule has 0 fully saturated rings. The smallest absolute Gasteiger partial charge is 0.150 e. The lowest BCUT2D eigenvalue weighted by atomic mass is 10.4. The van der Waals surface area contributed by atoms with Crippen LogP contribution in [0.2, 0.25) is 0 Å². The van der Waals surface area contributed by atoms with Gasteiger partial charge in [0.05, 0.1) is 11.4 Å². The highest BCUT2D eigenvalue weighted by Crippen LogP contribution is 1.95. The van der Waals surface area contributed by atoms with Crippen LogP contribution in [0.3, 0.4) is 0 Å². The molecule has 0 amide bonds. The Bertz CT molecular complexity index is 446. The first-order chi connectivity index (χ1) is 8.03. The van der Waals surface area contributed by atoms with Crippen LogP contribution in [0.25, 0.3) is 0 Å². The van der Waals surface area contributed by atoms with Gasteiger partial charge in [-0.25, -0.2) is 18.4 Å². The van der Waals surface area contributed by atoms with Crippen molar-refractivity contribution in [1.82, 2.24) is 15.3 Å². The third-order valence-electron chi connectivity index (χ3n) is 2.39. The van der Waals surface area contributed by atoms with Gasteiger partial charge in [-0.3, -0.25) is 0 Å². The zero-order valence-corrected chi connectivity index (χ0v) is 11.1. The summed E-state index contributed by atoms with van der Waals surface area (Å²) in [7, 11) is -2.84. The molecular weight excluding hydrogens is 238 g/mol. The highest BCUT2D eigenvalue weighted by Gasteiger charge is 2.05. The molecule has 17 heavy (non-hydrogen) atoms. The van der Waals surface area contributed by atoms with Crippen LogP contribution in [0, 0.1) is 6.92 Å². The minimum atomic E-state index is -2.84. The van der Waals surface area contributed by atoms with Crippen molar-refractivity contribution in [3.63, 3.8) is 0 Å². The number of rotatable bonds is 7. The van der Waals surface area contributed by atoms with Gasteiger partial charge in [0.25, 0.3) is 0 Å². The number of aryl methyl sites for hydroxylation is 1. The van der Waals surface area contributed by atoms with Crippen LogP contribution in [-0.2, 0) is 16.4 Å². The third-order valence-corrected chi connectivity index (χ3v) is 4.18. The fourth-order valence-electron chi connectivity index (χ4n) is 1.38. The number of hydrogen-bond acceptors (Lipinski definition) is 5. The molecule has 1 aromatic heterocycles. The Morgan fingerprint density at radius 2 is 2.18 bits per heavy atom. The van der Waals surface area contributed by atoms with Crippen molar-refractivity contribution in [2.24, 2.45) is 0 Å². The number of sulfone groups is 1. The van der Waals surface area contributed by atoms with Gasteiger partial charge in [-0.05, 0) is 26.0 Å². The summed E-state index contributed by atoms with van der Waals surface area (Å²) in [5.74, 6) is 1.22. The second-order valence-corrected chi connectivity index (χ2v) is 6.33. The van der Waals surface area contributed by atoms with Gasteiger partial charge >= 0.3 is 0 Å². The molecule has 6 heteroatoms. The van der Waals surface area contributed by atoms with E-state index in [1.807, 2.05) is 13.0 Å². The average molecular weight is 257 g/mol. The molecule has 0 aliphatic carbocycles. The number of nitrogens with one attached hydrogen (secondary N) is 1. The van der Waals surface area contributed by atoms with E-state index >= 15 is 0 Å². The van der Waals surface area contributed by atoms with E-state index in [2.05, 4.69) is 15.3 Å². The lowest BCUT2D eigenvalue weighted by molar-refractivity contribution is 0.589. The zero-order chi connectivity index (χ0) is 12.7. The minimum Gasteiger partial charge on any atom is -0.311 e. The van der Waals surface area contributed by atoms with Crippen molar-refractivity contribution in [3.8, 4) is 0 Å². The highest BCUT2D eigenvalue weighted by atomic mass is 32.2. The van der Waals surface area contributed by atoms with Crippen LogP contribution in [-0.4, -0.2) is 36.4 Å². The summed E-state index contributed by atoms with van der Waals surface area (Å²) in [4.78, 5) is 8.25. The van der Waals surface area contributed by atoms with E-state index in [1.165, 1.54) is 0 Å². The first-order valence-electron chi connectivity index (χ1n) is 5.73. The van der Waals surface area contributed by atoms with Crippen molar-refractivity contribution in [3.05, 3.63) is 23.8 Å². The Morgan fingerprint density at radius 3 is 2.82 bits per heavy atom. The van der Waals surface area contributed by atoms with E-state index in [0.29, 0.717) is 19.5 Å². The van der Waals surface area contributed by atoms with E-state index in [1.54, 1.807) is 13.1 Å². The quantitative estimate of drug-likeness (QED) is 0.728. The van der Waals surface area contributed by atoms with Crippen LogP contribution in [0.5, 0.6) is 0 Å². The molecule has 1 heterocycles. The Balaban J connectivity index is 2.21. The number of aromatic nitrogens is 2. The maximum atomic E-state index is 11.2. The molecule has 0 saturated carbocycles. The fourth-order valence-corrected chi connectivity index (χ4v) is 2.25. The summed E-state index contributed by atoms with van der Waals surface area (Å²) in [5, 5.41) is 3.17. The highest BCUT2D eigenvalue weighted by molar-refractivity contribution is 7.91. The molecule has 0 bridgehead atoms. The molecule has 0 radical (unpaired) electrons. The maximum absolute atomic E-state index is 11.2. The Labute approximate surface area is 103 Å². The van der Waals surface area contributed by atoms with Gasteiger partial charge in [-0.1, -0.05) is 6.92 Å². The Kier molecular flexibility index (Phi) is 5.50. The maximum Gasteiger partial charge on any atom is 0.150 e. The first-order valence-corrected chi connectivity index (χ1v) is 7.55. The summed E-state index contributed by atoms with van der Waals surface area (Å²) in [5.41, 5.74) is 0.927. The van der Waals surface area contributed by atoms with Crippen LogP contribution < -0.4 is 5.32 Å². The summed E-state index contributed by atoms with van der Waals surface area (Å²) >= 11 is 0. The van der Waals surface area contributed by atoms with Crippen molar-refractivity contribution in [2.75, 3.05) is 18.1 Å². The lowest BCUT2D eigenvalue weighted by Crippen LogP contribution is -2.19. The summed E-state index contributed by atoms with van der Waals surface area (Å²) < 4.78 is 22.5. The predicted octanol–water partition coefficient (Wildman–Crippen LogP) is 0.699. The third kappa shape index (κ3) is 5.74. The van der Waals surface area contributed by atoms with Crippen LogP contribution >= 0.6 is 0 Å².